The van der Waals surface area contributed by atoms with Crippen molar-refractivity contribution >= 4 is 17.7 Å². The molecule has 0 unspecified atom stereocenters. The first-order chi connectivity index (χ1) is 11.5. The first-order valence-corrected chi connectivity index (χ1v) is 8.06. The maximum Gasteiger partial charge on any atom is 0.225 e. The van der Waals surface area contributed by atoms with Gasteiger partial charge >= 0.3 is 0 Å². The van der Waals surface area contributed by atoms with Gasteiger partial charge in [0.1, 0.15) is 5.82 Å². The lowest BCUT2D eigenvalue weighted by Gasteiger charge is -2.13. The van der Waals surface area contributed by atoms with Crippen LogP contribution in [0.5, 0.6) is 0 Å². The van der Waals surface area contributed by atoms with E-state index in [-0.39, 0.29) is 48.8 Å². The summed E-state index contributed by atoms with van der Waals surface area (Å²) in [7, 11) is 0. The minimum absolute atomic E-state index is 0.000969. The molecule has 2 N–H and O–H groups in total. The van der Waals surface area contributed by atoms with E-state index in [9.17, 15) is 18.8 Å². The van der Waals surface area contributed by atoms with Gasteiger partial charge in [-0.15, -0.1) is 0 Å². The van der Waals surface area contributed by atoms with Gasteiger partial charge in [-0.05, 0) is 24.6 Å². The van der Waals surface area contributed by atoms with Crippen LogP contribution < -0.4 is 10.6 Å². The molecule has 1 aromatic carbocycles. The predicted molar refractivity (Wildman–Crippen MR) is 86.5 cm³/mol. The monoisotopic (exact) mass is 335 g/mol. The smallest absolute Gasteiger partial charge is 0.225 e. The summed E-state index contributed by atoms with van der Waals surface area (Å²) >= 11 is 0. The van der Waals surface area contributed by atoms with Crippen LogP contribution in [0, 0.1) is 11.7 Å². The van der Waals surface area contributed by atoms with E-state index in [1.165, 1.54) is 12.1 Å². The minimum atomic E-state index is -0.375. The lowest BCUT2D eigenvalue weighted by Crippen LogP contribution is -2.38. The number of likely N-dealkylation sites (tertiary alicyclic amines) is 1. The van der Waals surface area contributed by atoms with E-state index in [0.29, 0.717) is 25.2 Å². The summed E-state index contributed by atoms with van der Waals surface area (Å²) in [6.07, 6.45) is 0.333. The van der Waals surface area contributed by atoms with E-state index in [1.807, 2.05) is 6.92 Å². The molecule has 0 spiro atoms. The highest BCUT2D eigenvalue weighted by Crippen LogP contribution is 2.17. The predicted octanol–water partition coefficient (Wildman–Crippen LogP) is 0.469. The van der Waals surface area contributed by atoms with Crippen LogP contribution in [0.3, 0.4) is 0 Å². The summed E-state index contributed by atoms with van der Waals surface area (Å²) in [4.78, 5) is 37.0. The molecule has 0 bridgehead atoms. The Morgan fingerprint density at radius 3 is 2.71 bits per heavy atom. The highest BCUT2D eigenvalue weighted by molar-refractivity contribution is 5.89. The van der Waals surface area contributed by atoms with Crippen molar-refractivity contribution in [3.63, 3.8) is 0 Å². The molecule has 0 radical (unpaired) electrons. The molecule has 1 fully saturated rings. The third-order valence-corrected chi connectivity index (χ3v) is 3.97. The van der Waals surface area contributed by atoms with E-state index in [2.05, 4.69) is 10.6 Å². The third kappa shape index (κ3) is 5.04. The van der Waals surface area contributed by atoms with Gasteiger partial charge in [-0.2, -0.15) is 0 Å². The zero-order chi connectivity index (χ0) is 17.5. The highest BCUT2D eigenvalue weighted by atomic mass is 19.1. The van der Waals surface area contributed by atoms with Gasteiger partial charge in [-0.3, -0.25) is 14.4 Å². The maximum atomic E-state index is 13.0. The van der Waals surface area contributed by atoms with Gasteiger partial charge in [0.2, 0.25) is 17.7 Å². The van der Waals surface area contributed by atoms with Crippen molar-refractivity contribution < 1.29 is 18.8 Å². The molecular formula is C17H22FN3O3. The van der Waals surface area contributed by atoms with Crippen LogP contribution in [0.1, 0.15) is 18.9 Å². The number of rotatable bonds is 7. The Bertz CT molecular complexity index is 621. The highest BCUT2D eigenvalue weighted by Gasteiger charge is 2.32. The fraction of sp³-hybridized carbons (Fsp3) is 0.471. The second kappa shape index (κ2) is 8.42. The van der Waals surface area contributed by atoms with Gasteiger partial charge in [0, 0.05) is 32.6 Å². The standard InChI is InChI=1S/C17H22FN3O3/c1-2-21-11-13(10-16(21)23)17(24)20-7-6-19-15(22)9-12-4-3-5-14(18)8-12/h3-5,8,13H,2,6-7,9-11H2,1H3,(H,19,22)(H,20,24)/t13-/m0/s1. The van der Waals surface area contributed by atoms with Crippen molar-refractivity contribution in [3.8, 4) is 0 Å². The average Bonchev–Trinajstić information content (AvgIpc) is 2.92. The number of carbonyl (C=O) groups is 3. The van der Waals surface area contributed by atoms with Crippen LogP contribution in [0.2, 0.25) is 0 Å². The molecule has 0 saturated carbocycles. The molecule has 2 rings (SSSR count). The van der Waals surface area contributed by atoms with Gasteiger partial charge in [0.15, 0.2) is 0 Å². The second-order valence-corrected chi connectivity index (χ2v) is 5.78. The first-order valence-electron chi connectivity index (χ1n) is 8.06. The van der Waals surface area contributed by atoms with Crippen molar-refractivity contribution in [3.05, 3.63) is 35.6 Å². The first kappa shape index (κ1) is 17.9. The molecule has 7 heteroatoms. The number of benzene rings is 1. The Labute approximate surface area is 140 Å². The zero-order valence-electron chi connectivity index (χ0n) is 13.7. The van der Waals surface area contributed by atoms with Crippen LogP contribution >= 0.6 is 0 Å². The Morgan fingerprint density at radius 1 is 1.29 bits per heavy atom. The van der Waals surface area contributed by atoms with Crippen molar-refractivity contribution in [2.24, 2.45) is 5.92 Å². The normalized spacial score (nSPS) is 17.0. The molecule has 1 aromatic rings. The van der Waals surface area contributed by atoms with Crippen LogP contribution in [-0.2, 0) is 20.8 Å². The molecule has 130 valence electrons. The van der Waals surface area contributed by atoms with E-state index >= 15 is 0 Å². The topological polar surface area (TPSA) is 78.5 Å². The molecule has 0 aromatic heterocycles. The molecule has 24 heavy (non-hydrogen) atoms. The molecule has 1 aliphatic heterocycles. The number of nitrogens with one attached hydrogen (secondary N) is 2. The summed E-state index contributed by atoms with van der Waals surface area (Å²) in [6.45, 7) is 3.53. The molecule has 1 saturated heterocycles. The molecule has 1 atom stereocenters. The van der Waals surface area contributed by atoms with Gasteiger partial charge in [-0.25, -0.2) is 4.39 Å². The summed E-state index contributed by atoms with van der Waals surface area (Å²) in [5.41, 5.74) is 0.598. The van der Waals surface area contributed by atoms with Gasteiger partial charge in [0.25, 0.3) is 0 Å². The number of halogens is 1. The SMILES string of the molecule is CCN1C[C@@H](C(=O)NCCNC(=O)Cc2cccc(F)c2)CC1=O. The van der Waals surface area contributed by atoms with Crippen molar-refractivity contribution in [1.29, 1.82) is 0 Å². The maximum absolute atomic E-state index is 13.0. The molecular weight excluding hydrogens is 313 g/mol. The molecule has 0 aliphatic carbocycles. The van der Waals surface area contributed by atoms with Crippen molar-refractivity contribution in [1.82, 2.24) is 15.5 Å². The van der Waals surface area contributed by atoms with E-state index in [4.69, 9.17) is 0 Å². The number of carbonyl (C=O) groups excluding carboxylic acids is 3. The van der Waals surface area contributed by atoms with Crippen molar-refractivity contribution in [2.75, 3.05) is 26.2 Å². The van der Waals surface area contributed by atoms with Gasteiger partial charge in [0.05, 0.1) is 12.3 Å². The Balaban J connectivity index is 1.65. The van der Waals surface area contributed by atoms with E-state index < -0.39 is 0 Å². The number of amides is 3. The van der Waals surface area contributed by atoms with Crippen LogP contribution in [0.25, 0.3) is 0 Å². The lowest BCUT2D eigenvalue weighted by molar-refractivity contribution is -0.128. The Kier molecular flexibility index (Phi) is 6.28. The average molecular weight is 335 g/mol. The minimum Gasteiger partial charge on any atom is -0.354 e. The fourth-order valence-electron chi connectivity index (χ4n) is 2.68. The summed E-state index contributed by atoms with van der Waals surface area (Å²) < 4.78 is 13.0. The fourth-order valence-corrected chi connectivity index (χ4v) is 2.68. The second-order valence-electron chi connectivity index (χ2n) is 5.78. The Morgan fingerprint density at radius 2 is 2.04 bits per heavy atom. The molecule has 1 aliphatic rings. The summed E-state index contributed by atoms with van der Waals surface area (Å²) in [5, 5.41) is 5.40. The van der Waals surface area contributed by atoms with Crippen molar-refractivity contribution in [2.45, 2.75) is 19.8 Å². The largest absolute Gasteiger partial charge is 0.354 e. The van der Waals surface area contributed by atoms with Crippen LogP contribution in [0.15, 0.2) is 24.3 Å². The van der Waals surface area contributed by atoms with Gasteiger partial charge < -0.3 is 15.5 Å². The zero-order valence-corrected chi connectivity index (χ0v) is 13.7. The van der Waals surface area contributed by atoms with Gasteiger partial charge in [-0.1, -0.05) is 12.1 Å². The van der Waals surface area contributed by atoms with Crippen LogP contribution in [0.4, 0.5) is 4.39 Å². The number of hydrogen-bond donors (Lipinski definition) is 2. The van der Waals surface area contributed by atoms with E-state index in [1.54, 1.807) is 17.0 Å². The third-order valence-electron chi connectivity index (χ3n) is 3.97. The lowest BCUT2D eigenvalue weighted by atomic mass is 10.1. The van der Waals surface area contributed by atoms with Crippen LogP contribution in [-0.4, -0.2) is 48.8 Å². The molecule has 1 heterocycles. The summed E-state index contributed by atoms with van der Waals surface area (Å²) in [5.74, 6) is -1.09. The number of nitrogens with zero attached hydrogens (tertiary/aromatic N) is 1. The van der Waals surface area contributed by atoms with E-state index in [0.717, 1.165) is 0 Å². The quantitative estimate of drug-likeness (QED) is 0.711. The Hall–Kier alpha value is -2.44. The summed E-state index contributed by atoms with van der Waals surface area (Å²) in [6, 6.07) is 5.88. The number of hydrogen-bond acceptors (Lipinski definition) is 3. The molecule has 6 nitrogen and oxygen atoms in total. The molecule has 3 amide bonds.